The van der Waals surface area contributed by atoms with Gasteiger partial charge >= 0.3 is 0 Å². The van der Waals surface area contributed by atoms with E-state index < -0.39 is 0 Å². The van der Waals surface area contributed by atoms with E-state index in [0.29, 0.717) is 0 Å². The standard InChI is InChI=1S/C57H59BN3.C13H11FN.Ir/c1-54(2,3)40-18-24-44(25-19-40)60-49-28-22-42(56(7,8)9)35-46(49)58-47-36-43(57(10,11)12)23-29-50(47)61(45-26-20-41(21-27-45)55(4,5)6)52-34-39(33-51(60)53(52)58)38-30-31-59-48(32-38)37-16-14-13-15-17-37;1-9-7-13(15-8-10(9)2)11-3-5-12(14)6-4-11;/h13-16,18-36H,1-12H3;3,5-8H,1-2H3;/q2*-1;. The van der Waals surface area contributed by atoms with Gasteiger partial charge in [0.15, 0.2) is 0 Å². The quantitative estimate of drug-likeness (QED) is 0.127. The molecular weight excluding hydrogens is 1120 g/mol. The summed E-state index contributed by atoms with van der Waals surface area (Å²) in [4.78, 5) is 14.2. The molecule has 2 aliphatic heterocycles. The van der Waals surface area contributed by atoms with Gasteiger partial charge in [-0.15, -0.1) is 65.7 Å². The van der Waals surface area contributed by atoms with Crippen molar-refractivity contribution < 1.29 is 24.5 Å². The van der Waals surface area contributed by atoms with Crippen molar-refractivity contribution in [3.8, 4) is 33.6 Å². The molecule has 4 heterocycles. The second-order valence-electron chi connectivity index (χ2n) is 25.0. The Hall–Kier alpha value is -6.92. The number of rotatable bonds is 5. The molecule has 0 spiro atoms. The molecule has 77 heavy (non-hydrogen) atoms. The SMILES string of the molecule is CC(C)(C)c1ccc(N2c3ccc(C(C)(C)C)cc3B3c4cc(C(C)(C)C)ccc4N(c4ccc(C(C)(C)C)cc4)c4cc(-c5ccnc(-c6[c-]cccc6)c5)cc2c43)cc1.Cc1cnc(-c2[c-]cc(F)cc2)cc1C.[Ir]. The Morgan fingerprint density at radius 1 is 0.455 bits per heavy atom. The van der Waals surface area contributed by atoms with Crippen molar-refractivity contribution in [1.29, 1.82) is 0 Å². The van der Waals surface area contributed by atoms with E-state index in [1.165, 1.54) is 79.1 Å². The Kier molecular flexibility index (Phi) is 14.8. The van der Waals surface area contributed by atoms with Crippen LogP contribution in [-0.2, 0) is 41.8 Å². The number of halogens is 1. The van der Waals surface area contributed by atoms with Gasteiger partial charge in [0.25, 0.3) is 6.71 Å². The number of hydrogen-bond acceptors (Lipinski definition) is 4. The van der Waals surface area contributed by atoms with Crippen molar-refractivity contribution in [2.75, 3.05) is 9.80 Å². The molecule has 2 aliphatic rings. The molecule has 0 aliphatic carbocycles. The number of benzene rings is 7. The minimum atomic E-state index is -0.275. The zero-order valence-corrected chi connectivity index (χ0v) is 49.6. The van der Waals surface area contributed by atoms with Crippen LogP contribution in [0.15, 0.2) is 170 Å². The van der Waals surface area contributed by atoms with E-state index in [9.17, 15) is 4.39 Å². The molecule has 0 saturated carbocycles. The number of pyridine rings is 2. The maximum atomic E-state index is 12.7. The molecule has 0 unspecified atom stereocenters. The molecule has 7 aromatic carbocycles. The summed E-state index contributed by atoms with van der Waals surface area (Å²) in [5, 5.41) is 0. The molecule has 4 nitrogen and oxygen atoms in total. The maximum Gasteiger partial charge on any atom is 0.252 e. The van der Waals surface area contributed by atoms with Crippen molar-refractivity contribution in [2.45, 2.75) is 119 Å². The Bertz CT molecular complexity index is 3450. The molecule has 0 amide bonds. The van der Waals surface area contributed by atoms with Crippen LogP contribution in [0.4, 0.5) is 38.5 Å². The Morgan fingerprint density at radius 2 is 0.948 bits per heavy atom. The minimum Gasteiger partial charge on any atom is -0.311 e. The number of aryl methyl sites for hydroxylation is 2. The molecule has 0 bridgehead atoms. The largest absolute Gasteiger partial charge is 0.311 e. The van der Waals surface area contributed by atoms with Crippen LogP contribution in [0.2, 0.25) is 0 Å². The van der Waals surface area contributed by atoms with Crippen molar-refractivity contribution in [3.05, 3.63) is 221 Å². The van der Waals surface area contributed by atoms with Gasteiger partial charge in [0, 0.05) is 72.4 Å². The fraction of sp³-hybridized carbons (Fsp3) is 0.257. The van der Waals surface area contributed by atoms with Crippen LogP contribution in [0.3, 0.4) is 0 Å². The third kappa shape index (κ3) is 11.0. The Labute approximate surface area is 472 Å². The van der Waals surface area contributed by atoms with Crippen LogP contribution in [0.1, 0.15) is 116 Å². The van der Waals surface area contributed by atoms with E-state index >= 15 is 0 Å². The molecule has 0 atom stereocenters. The van der Waals surface area contributed by atoms with Crippen LogP contribution >= 0.6 is 0 Å². The van der Waals surface area contributed by atoms with Gasteiger partial charge in [-0.25, -0.2) is 0 Å². The molecule has 0 fully saturated rings. The predicted octanol–water partition coefficient (Wildman–Crippen LogP) is 16.8. The van der Waals surface area contributed by atoms with Crippen LogP contribution in [0.25, 0.3) is 33.6 Å². The summed E-state index contributed by atoms with van der Waals surface area (Å²) in [5.74, 6) is -0.275. The van der Waals surface area contributed by atoms with Crippen molar-refractivity contribution in [2.24, 2.45) is 0 Å². The van der Waals surface area contributed by atoms with Crippen LogP contribution in [0.5, 0.6) is 0 Å². The smallest absolute Gasteiger partial charge is 0.252 e. The maximum absolute atomic E-state index is 12.7. The van der Waals surface area contributed by atoms with Gasteiger partial charge in [-0.3, -0.25) is 4.39 Å². The van der Waals surface area contributed by atoms with E-state index in [-0.39, 0.29) is 54.3 Å². The zero-order valence-electron chi connectivity index (χ0n) is 47.2. The minimum absolute atomic E-state index is 0. The predicted molar refractivity (Wildman–Crippen MR) is 321 cm³/mol. The molecular formula is C70H70BFIrN4-2. The second kappa shape index (κ2) is 20.8. The van der Waals surface area contributed by atoms with Gasteiger partial charge < -0.3 is 19.8 Å². The number of hydrogen-bond donors (Lipinski definition) is 0. The monoisotopic (exact) mass is 1190 g/mol. The van der Waals surface area contributed by atoms with Gasteiger partial charge in [-0.05, 0) is 157 Å². The molecule has 391 valence electrons. The molecule has 2 aromatic heterocycles. The van der Waals surface area contributed by atoms with Gasteiger partial charge in [-0.2, -0.15) is 0 Å². The topological polar surface area (TPSA) is 32.3 Å². The van der Waals surface area contributed by atoms with Gasteiger partial charge in [0.2, 0.25) is 0 Å². The summed E-state index contributed by atoms with van der Waals surface area (Å²) in [6.07, 6.45) is 3.76. The normalized spacial score (nSPS) is 12.9. The average Bonchev–Trinajstić information content (AvgIpc) is 3.50. The third-order valence-electron chi connectivity index (χ3n) is 15.3. The fourth-order valence-corrected chi connectivity index (χ4v) is 10.5. The molecule has 7 heteroatoms. The summed E-state index contributed by atoms with van der Waals surface area (Å²) >= 11 is 0. The first-order valence-corrected chi connectivity index (χ1v) is 26.8. The summed E-state index contributed by atoms with van der Waals surface area (Å²) in [6, 6.07) is 63.2. The summed E-state index contributed by atoms with van der Waals surface area (Å²) < 4.78 is 12.7. The fourth-order valence-electron chi connectivity index (χ4n) is 10.5. The summed E-state index contributed by atoms with van der Waals surface area (Å²) in [6.45, 7) is 31.8. The van der Waals surface area contributed by atoms with E-state index in [0.717, 1.165) is 50.6 Å². The van der Waals surface area contributed by atoms with Crippen molar-refractivity contribution >= 4 is 57.2 Å². The first kappa shape index (κ1) is 54.9. The molecule has 0 N–H and O–H groups in total. The molecule has 11 rings (SSSR count). The van der Waals surface area contributed by atoms with Gasteiger partial charge in [-0.1, -0.05) is 149 Å². The number of nitrogens with zero attached hydrogens (tertiary/aromatic N) is 4. The van der Waals surface area contributed by atoms with Gasteiger partial charge in [0.05, 0.1) is 0 Å². The number of fused-ring (bicyclic) bond motifs is 4. The summed E-state index contributed by atoms with van der Waals surface area (Å²) in [7, 11) is 0. The molecule has 1 radical (unpaired) electrons. The second-order valence-corrected chi connectivity index (χ2v) is 25.0. The number of aromatic nitrogens is 2. The summed E-state index contributed by atoms with van der Waals surface area (Å²) in [5.41, 5.74) is 24.6. The van der Waals surface area contributed by atoms with E-state index in [4.69, 9.17) is 4.98 Å². The number of anilines is 6. The van der Waals surface area contributed by atoms with Crippen LogP contribution in [-0.4, -0.2) is 16.7 Å². The Balaban J connectivity index is 0.000000388. The van der Waals surface area contributed by atoms with E-state index in [1.54, 1.807) is 6.07 Å². The van der Waals surface area contributed by atoms with Gasteiger partial charge in [0.1, 0.15) is 0 Å². The molecule has 9 aromatic rings. The zero-order chi connectivity index (χ0) is 54.1. The van der Waals surface area contributed by atoms with Crippen LogP contribution < -0.4 is 26.2 Å². The first-order valence-electron chi connectivity index (χ1n) is 26.8. The van der Waals surface area contributed by atoms with Crippen molar-refractivity contribution in [1.82, 2.24) is 9.97 Å². The van der Waals surface area contributed by atoms with E-state index in [1.807, 2.05) is 44.4 Å². The third-order valence-corrected chi connectivity index (χ3v) is 15.3. The Morgan fingerprint density at radius 3 is 1.40 bits per heavy atom. The molecule has 0 saturated heterocycles. The first-order chi connectivity index (χ1) is 35.9. The van der Waals surface area contributed by atoms with Crippen LogP contribution in [0, 0.1) is 31.8 Å². The van der Waals surface area contributed by atoms with Crippen molar-refractivity contribution in [3.63, 3.8) is 0 Å². The average molecular weight is 1190 g/mol. The van der Waals surface area contributed by atoms with E-state index in [2.05, 4.69) is 231 Å².